The Morgan fingerprint density at radius 2 is 1.91 bits per heavy atom. The maximum absolute atomic E-state index is 13.8. The number of amides is 5. The predicted octanol–water partition coefficient (Wildman–Crippen LogP) is 1.95. The summed E-state index contributed by atoms with van der Waals surface area (Å²) in [5.41, 5.74) is 0.128. The average Bonchev–Trinajstić information content (AvgIpc) is 3.31. The van der Waals surface area contributed by atoms with Crippen molar-refractivity contribution < 1.29 is 24.3 Å². The number of fused-ring (bicyclic) bond motifs is 1. The van der Waals surface area contributed by atoms with Gasteiger partial charge >= 0.3 is 12.1 Å². The molecule has 2 N–H and O–H groups in total. The topological polar surface area (TPSA) is 123 Å². The molecule has 32 heavy (non-hydrogen) atoms. The van der Waals surface area contributed by atoms with Crippen molar-refractivity contribution in [1.82, 2.24) is 20.1 Å². The summed E-state index contributed by atoms with van der Waals surface area (Å²) in [4.78, 5) is 60.3. The van der Waals surface area contributed by atoms with E-state index < -0.39 is 23.7 Å². The second-order valence-electron chi connectivity index (χ2n) is 9.26. The van der Waals surface area contributed by atoms with E-state index in [9.17, 15) is 24.3 Å². The second-order valence-corrected chi connectivity index (χ2v) is 9.26. The summed E-state index contributed by atoms with van der Waals surface area (Å²) in [5.74, 6) is -0.696. The van der Waals surface area contributed by atoms with Gasteiger partial charge in [0.25, 0.3) is 5.91 Å². The van der Waals surface area contributed by atoms with Gasteiger partial charge in [-0.05, 0) is 50.7 Å². The van der Waals surface area contributed by atoms with Crippen LogP contribution in [0.3, 0.4) is 0 Å². The van der Waals surface area contributed by atoms with E-state index in [2.05, 4.69) is 10.3 Å². The highest BCUT2D eigenvalue weighted by molar-refractivity contribution is 6.08. The van der Waals surface area contributed by atoms with Crippen LogP contribution in [-0.2, 0) is 9.59 Å². The summed E-state index contributed by atoms with van der Waals surface area (Å²) in [6.07, 6.45) is 7.48. The van der Waals surface area contributed by atoms with Crippen molar-refractivity contribution in [2.45, 2.75) is 75.0 Å². The van der Waals surface area contributed by atoms with Gasteiger partial charge in [-0.2, -0.15) is 0 Å². The highest BCUT2D eigenvalue weighted by atomic mass is 16.4. The van der Waals surface area contributed by atoms with Crippen LogP contribution >= 0.6 is 0 Å². The van der Waals surface area contributed by atoms with Gasteiger partial charge in [-0.3, -0.25) is 24.4 Å². The van der Waals surface area contributed by atoms with Gasteiger partial charge in [0.15, 0.2) is 0 Å². The van der Waals surface area contributed by atoms with Crippen LogP contribution in [0.4, 0.5) is 15.3 Å². The summed E-state index contributed by atoms with van der Waals surface area (Å²) >= 11 is 0. The van der Waals surface area contributed by atoms with Crippen LogP contribution in [-0.4, -0.2) is 74.0 Å². The van der Waals surface area contributed by atoms with Crippen LogP contribution in [0.2, 0.25) is 0 Å². The molecule has 170 valence electrons. The molecule has 3 aliphatic heterocycles. The first-order chi connectivity index (χ1) is 15.4. The SMILES string of the molecule is O=C(O)N[C@H]1CCCC[C@H]2CC[C@@H](C(=O)N3C(=O)N(c4cccnc4)CC34CC4)N2C1=O. The number of aromatic nitrogens is 1. The first kappa shape index (κ1) is 20.7. The summed E-state index contributed by atoms with van der Waals surface area (Å²) in [5, 5.41) is 11.5. The Hall–Kier alpha value is -3.17. The Morgan fingerprint density at radius 1 is 1.12 bits per heavy atom. The van der Waals surface area contributed by atoms with Crippen molar-refractivity contribution in [2.75, 3.05) is 11.4 Å². The number of carbonyl (C=O) groups is 4. The van der Waals surface area contributed by atoms with Crippen LogP contribution < -0.4 is 10.2 Å². The highest BCUT2D eigenvalue weighted by Crippen LogP contribution is 2.49. The number of rotatable bonds is 3. The molecule has 0 radical (unpaired) electrons. The molecule has 0 bridgehead atoms. The maximum Gasteiger partial charge on any atom is 0.405 e. The van der Waals surface area contributed by atoms with E-state index in [4.69, 9.17) is 0 Å². The number of imide groups is 1. The Labute approximate surface area is 185 Å². The van der Waals surface area contributed by atoms with Crippen LogP contribution in [0.1, 0.15) is 51.4 Å². The minimum absolute atomic E-state index is 0.0999. The number of carboxylic acid groups (broad SMARTS) is 1. The van der Waals surface area contributed by atoms with E-state index in [1.807, 2.05) is 0 Å². The molecule has 4 aliphatic rings. The second kappa shape index (κ2) is 7.75. The van der Waals surface area contributed by atoms with Crippen LogP contribution in [0.5, 0.6) is 0 Å². The van der Waals surface area contributed by atoms with Crippen molar-refractivity contribution in [3.63, 3.8) is 0 Å². The minimum atomic E-state index is -1.25. The standard InChI is InChI=1S/C22H27N5O5/c28-18-16(24-20(30)31)6-2-1-4-14-7-8-17(26(14)18)19(29)27-21(32)25(13-22(27)9-10-22)15-5-3-11-23-12-15/h3,5,11-12,14,16-17,24H,1-2,4,6-10,13H2,(H,30,31)/t14-,16-,17-/m0/s1. The Morgan fingerprint density at radius 3 is 2.59 bits per heavy atom. The van der Waals surface area contributed by atoms with Crippen molar-refractivity contribution in [3.8, 4) is 0 Å². The van der Waals surface area contributed by atoms with E-state index in [0.29, 0.717) is 31.5 Å². The number of anilines is 1. The third kappa shape index (κ3) is 3.37. The molecule has 1 aromatic rings. The first-order valence-electron chi connectivity index (χ1n) is 11.3. The third-order valence-electron chi connectivity index (χ3n) is 7.27. The molecular weight excluding hydrogens is 414 g/mol. The van der Waals surface area contributed by atoms with Crippen LogP contribution in [0.25, 0.3) is 0 Å². The van der Waals surface area contributed by atoms with E-state index in [1.54, 1.807) is 34.3 Å². The number of urea groups is 1. The monoisotopic (exact) mass is 441 g/mol. The lowest BCUT2D eigenvalue weighted by Crippen LogP contribution is -2.58. The Bertz CT molecular complexity index is 949. The molecule has 5 amide bonds. The summed E-state index contributed by atoms with van der Waals surface area (Å²) < 4.78 is 0. The number of hydrogen-bond donors (Lipinski definition) is 2. The van der Waals surface area contributed by atoms with E-state index in [0.717, 1.165) is 32.1 Å². The first-order valence-corrected chi connectivity index (χ1v) is 11.3. The minimum Gasteiger partial charge on any atom is -0.465 e. The lowest BCUT2D eigenvalue weighted by molar-refractivity contribution is -0.146. The molecule has 0 aromatic carbocycles. The predicted molar refractivity (Wildman–Crippen MR) is 113 cm³/mol. The van der Waals surface area contributed by atoms with Gasteiger partial charge in [0.1, 0.15) is 12.1 Å². The normalized spacial score (nSPS) is 29.0. The molecule has 3 atom stereocenters. The van der Waals surface area contributed by atoms with Gasteiger partial charge in [-0.25, -0.2) is 9.59 Å². The number of nitrogens with zero attached hydrogens (tertiary/aromatic N) is 4. The quantitative estimate of drug-likeness (QED) is 0.739. The van der Waals surface area contributed by atoms with Crippen LogP contribution in [0.15, 0.2) is 24.5 Å². The lowest BCUT2D eigenvalue weighted by Gasteiger charge is -2.36. The third-order valence-corrected chi connectivity index (χ3v) is 7.27. The van der Waals surface area contributed by atoms with Crippen LogP contribution in [0, 0.1) is 0 Å². The summed E-state index contributed by atoms with van der Waals surface area (Å²) in [6, 6.07) is 1.48. The average molecular weight is 441 g/mol. The zero-order valence-electron chi connectivity index (χ0n) is 17.8. The van der Waals surface area contributed by atoms with E-state index in [-0.39, 0.29) is 23.9 Å². The molecule has 1 saturated carbocycles. The molecule has 1 aliphatic carbocycles. The smallest absolute Gasteiger partial charge is 0.405 e. The van der Waals surface area contributed by atoms with Crippen molar-refractivity contribution in [3.05, 3.63) is 24.5 Å². The molecule has 0 unspecified atom stereocenters. The molecule has 10 nitrogen and oxygen atoms in total. The fourth-order valence-electron chi connectivity index (χ4n) is 5.53. The van der Waals surface area contributed by atoms with Crippen molar-refractivity contribution in [1.29, 1.82) is 0 Å². The zero-order chi connectivity index (χ0) is 22.5. The number of nitrogens with one attached hydrogen (secondary N) is 1. The van der Waals surface area contributed by atoms with Crippen molar-refractivity contribution >= 4 is 29.6 Å². The van der Waals surface area contributed by atoms with Gasteiger partial charge < -0.3 is 15.3 Å². The van der Waals surface area contributed by atoms with Gasteiger partial charge in [0.05, 0.1) is 24.0 Å². The maximum atomic E-state index is 13.8. The number of pyridine rings is 1. The molecule has 3 saturated heterocycles. The summed E-state index contributed by atoms with van der Waals surface area (Å²) in [6.45, 7) is 0.427. The van der Waals surface area contributed by atoms with Gasteiger partial charge in [-0.15, -0.1) is 0 Å². The summed E-state index contributed by atoms with van der Waals surface area (Å²) in [7, 11) is 0. The number of hydrogen-bond acceptors (Lipinski definition) is 5. The van der Waals surface area contributed by atoms with E-state index in [1.165, 1.54) is 4.90 Å². The fourth-order valence-corrected chi connectivity index (χ4v) is 5.53. The molecular formula is C22H27N5O5. The van der Waals surface area contributed by atoms with E-state index >= 15 is 0 Å². The lowest BCUT2D eigenvalue weighted by atomic mass is 9.99. The molecule has 4 heterocycles. The molecule has 5 rings (SSSR count). The Kier molecular flexibility index (Phi) is 5.02. The molecule has 1 aromatic heterocycles. The van der Waals surface area contributed by atoms with Gasteiger partial charge in [0.2, 0.25) is 5.91 Å². The molecule has 4 fully saturated rings. The molecule has 10 heteroatoms. The highest BCUT2D eigenvalue weighted by Gasteiger charge is 2.62. The fraction of sp³-hybridized carbons (Fsp3) is 0.591. The number of carbonyl (C=O) groups excluding carboxylic acids is 3. The van der Waals surface area contributed by atoms with Gasteiger partial charge in [-0.1, -0.05) is 12.8 Å². The zero-order valence-corrected chi connectivity index (χ0v) is 17.8. The largest absolute Gasteiger partial charge is 0.465 e. The van der Waals surface area contributed by atoms with Gasteiger partial charge in [0, 0.05) is 12.2 Å². The molecule has 1 spiro atoms. The van der Waals surface area contributed by atoms with Crippen molar-refractivity contribution in [2.24, 2.45) is 0 Å². The Balaban J connectivity index is 1.41.